The summed E-state index contributed by atoms with van der Waals surface area (Å²) < 4.78 is 0. The van der Waals surface area contributed by atoms with Crippen molar-refractivity contribution in [3.8, 4) is 0 Å². The Morgan fingerprint density at radius 1 is 1.25 bits per heavy atom. The second-order valence-electron chi connectivity index (χ2n) is 4.47. The van der Waals surface area contributed by atoms with Crippen LogP contribution in [0, 0.1) is 0 Å². The molecule has 0 saturated carbocycles. The highest BCUT2D eigenvalue weighted by Gasteiger charge is 2.19. The summed E-state index contributed by atoms with van der Waals surface area (Å²) in [5, 5.41) is 2.70. The third-order valence-corrected chi connectivity index (χ3v) is 3.04. The molecule has 3 N–H and O–H groups in total. The van der Waals surface area contributed by atoms with Crippen LogP contribution in [-0.2, 0) is 11.2 Å². The van der Waals surface area contributed by atoms with Gasteiger partial charge in [0.25, 0.3) is 5.91 Å². The molecule has 0 bridgehead atoms. The molecule has 0 atom stereocenters. The molecule has 0 unspecified atom stereocenters. The van der Waals surface area contributed by atoms with Crippen LogP contribution in [0.1, 0.15) is 29.8 Å². The van der Waals surface area contributed by atoms with Crippen molar-refractivity contribution >= 4 is 11.8 Å². The molecule has 0 saturated heterocycles. The van der Waals surface area contributed by atoms with Crippen LogP contribution in [0.4, 0.5) is 0 Å². The fourth-order valence-electron chi connectivity index (χ4n) is 2.03. The van der Waals surface area contributed by atoms with Crippen LogP contribution >= 0.6 is 0 Å². The van der Waals surface area contributed by atoms with Gasteiger partial charge in [-0.25, -0.2) is 0 Å². The first-order chi connectivity index (χ1) is 9.63. The number of hydrogen-bond acceptors (Lipinski definition) is 3. The quantitative estimate of drug-likeness (QED) is 0.773. The highest BCUT2D eigenvalue weighted by atomic mass is 16.2. The maximum absolute atomic E-state index is 12.5. The van der Waals surface area contributed by atoms with Gasteiger partial charge < -0.3 is 16.0 Å². The Bertz CT molecular complexity index is 460. The minimum atomic E-state index is -0.140. The lowest BCUT2D eigenvalue weighted by Crippen LogP contribution is -2.40. The van der Waals surface area contributed by atoms with Crippen molar-refractivity contribution < 1.29 is 9.59 Å². The van der Waals surface area contributed by atoms with Crippen LogP contribution in [0.2, 0.25) is 0 Å². The number of nitrogens with two attached hydrogens (primary N) is 1. The maximum Gasteiger partial charge on any atom is 0.254 e. The van der Waals surface area contributed by atoms with Gasteiger partial charge in [-0.15, -0.1) is 0 Å². The Morgan fingerprint density at radius 3 is 2.55 bits per heavy atom. The van der Waals surface area contributed by atoms with E-state index in [4.69, 9.17) is 5.73 Å². The van der Waals surface area contributed by atoms with Crippen LogP contribution in [0.15, 0.2) is 24.3 Å². The number of likely N-dealkylation sites (N-methyl/N-ethyl adjacent to an activating group) is 2. The molecule has 0 aromatic heterocycles. The molecule has 0 spiro atoms. The first kappa shape index (κ1) is 16.2. The van der Waals surface area contributed by atoms with E-state index in [-0.39, 0.29) is 18.4 Å². The third-order valence-electron chi connectivity index (χ3n) is 3.04. The molecular formula is C15H23N3O2. The highest BCUT2D eigenvalue weighted by molar-refractivity contribution is 5.97. The van der Waals surface area contributed by atoms with E-state index in [9.17, 15) is 9.59 Å². The van der Waals surface area contributed by atoms with Crippen molar-refractivity contribution in [2.45, 2.75) is 20.3 Å². The molecule has 5 heteroatoms. The first-order valence-electron chi connectivity index (χ1n) is 6.97. The van der Waals surface area contributed by atoms with Crippen molar-refractivity contribution in [3.05, 3.63) is 35.4 Å². The summed E-state index contributed by atoms with van der Waals surface area (Å²) in [6.07, 6.45) is 0.653. The Labute approximate surface area is 120 Å². The zero-order valence-corrected chi connectivity index (χ0v) is 12.2. The summed E-state index contributed by atoms with van der Waals surface area (Å²) in [6, 6.07) is 7.41. The highest BCUT2D eigenvalue weighted by Crippen LogP contribution is 2.12. The molecule has 0 radical (unpaired) electrons. The predicted octanol–water partition coefficient (Wildman–Crippen LogP) is 0.786. The minimum absolute atomic E-state index is 0.0835. The molecule has 0 aliphatic heterocycles. The first-order valence-corrected chi connectivity index (χ1v) is 6.97. The predicted molar refractivity (Wildman–Crippen MR) is 79.5 cm³/mol. The zero-order chi connectivity index (χ0) is 15.0. The van der Waals surface area contributed by atoms with Gasteiger partial charge in [0.2, 0.25) is 5.91 Å². The number of nitrogens with one attached hydrogen (secondary N) is 1. The molecular weight excluding hydrogens is 254 g/mol. The molecule has 1 aromatic rings. The van der Waals surface area contributed by atoms with Crippen LogP contribution in [0.3, 0.4) is 0 Å². The van der Waals surface area contributed by atoms with Crippen molar-refractivity contribution in [3.63, 3.8) is 0 Å². The molecule has 5 nitrogen and oxygen atoms in total. The average Bonchev–Trinajstić information content (AvgIpc) is 2.45. The normalized spacial score (nSPS) is 10.2. The van der Waals surface area contributed by atoms with Gasteiger partial charge in [0, 0.05) is 18.7 Å². The molecule has 0 heterocycles. The lowest BCUT2D eigenvalue weighted by molar-refractivity contribution is -0.121. The molecule has 1 aromatic carbocycles. The third kappa shape index (κ3) is 4.35. The van der Waals surface area contributed by atoms with E-state index in [1.165, 1.54) is 0 Å². The fraction of sp³-hybridized carbons (Fsp3) is 0.467. The van der Waals surface area contributed by atoms with Gasteiger partial charge >= 0.3 is 0 Å². The van der Waals surface area contributed by atoms with Crippen molar-refractivity contribution in [1.82, 2.24) is 10.2 Å². The number of carbonyl (C=O) groups excluding carboxylic acids is 2. The van der Waals surface area contributed by atoms with Crippen molar-refractivity contribution in [2.24, 2.45) is 5.73 Å². The van der Waals surface area contributed by atoms with Crippen LogP contribution in [0.25, 0.3) is 0 Å². The maximum atomic E-state index is 12.5. The standard InChI is InChI=1S/C15H23N3O2/c1-3-17-14(19)11-18(4-2)15(20)13-8-6-5-7-12(13)9-10-16/h5-8H,3-4,9-11,16H2,1-2H3,(H,17,19). The Morgan fingerprint density at radius 2 is 1.95 bits per heavy atom. The SMILES string of the molecule is CCNC(=O)CN(CC)C(=O)c1ccccc1CCN. The molecule has 1 rings (SSSR count). The minimum Gasteiger partial charge on any atom is -0.355 e. The lowest BCUT2D eigenvalue weighted by atomic mass is 10.0. The molecule has 0 aliphatic carbocycles. The van der Waals surface area contributed by atoms with Gasteiger partial charge in [-0.3, -0.25) is 9.59 Å². The van der Waals surface area contributed by atoms with Crippen LogP contribution in [-0.4, -0.2) is 42.9 Å². The summed E-state index contributed by atoms with van der Waals surface area (Å²) in [5.41, 5.74) is 7.12. The number of nitrogens with zero attached hydrogens (tertiary/aromatic N) is 1. The molecule has 0 aliphatic rings. The fourth-order valence-corrected chi connectivity index (χ4v) is 2.03. The Hall–Kier alpha value is -1.88. The van der Waals surface area contributed by atoms with Gasteiger partial charge in [0.15, 0.2) is 0 Å². The van der Waals surface area contributed by atoms with E-state index in [1.54, 1.807) is 11.0 Å². The van der Waals surface area contributed by atoms with Gasteiger partial charge in [0.1, 0.15) is 0 Å². The topological polar surface area (TPSA) is 75.4 Å². The molecule has 0 fully saturated rings. The zero-order valence-electron chi connectivity index (χ0n) is 12.2. The summed E-state index contributed by atoms with van der Waals surface area (Å²) in [4.78, 5) is 25.7. The van der Waals surface area contributed by atoms with Crippen molar-refractivity contribution in [1.29, 1.82) is 0 Å². The summed E-state index contributed by atoms with van der Waals surface area (Å²) in [5.74, 6) is -0.262. The van der Waals surface area contributed by atoms with Crippen molar-refractivity contribution in [2.75, 3.05) is 26.2 Å². The van der Waals surface area contributed by atoms with E-state index >= 15 is 0 Å². The monoisotopic (exact) mass is 277 g/mol. The largest absolute Gasteiger partial charge is 0.355 e. The van der Waals surface area contributed by atoms with Crippen LogP contribution < -0.4 is 11.1 Å². The number of rotatable bonds is 7. The second-order valence-corrected chi connectivity index (χ2v) is 4.47. The van der Waals surface area contributed by atoms with Crippen LogP contribution in [0.5, 0.6) is 0 Å². The Balaban J connectivity index is 2.88. The van der Waals surface area contributed by atoms with E-state index in [2.05, 4.69) is 5.32 Å². The lowest BCUT2D eigenvalue weighted by Gasteiger charge is -2.21. The summed E-state index contributed by atoms with van der Waals surface area (Å²) in [6.45, 7) is 5.35. The smallest absolute Gasteiger partial charge is 0.254 e. The summed E-state index contributed by atoms with van der Waals surface area (Å²) >= 11 is 0. The number of amides is 2. The number of benzene rings is 1. The summed E-state index contributed by atoms with van der Waals surface area (Å²) in [7, 11) is 0. The van der Waals surface area contributed by atoms with Gasteiger partial charge in [-0.05, 0) is 38.4 Å². The van der Waals surface area contributed by atoms with E-state index in [0.717, 1.165) is 5.56 Å². The average molecular weight is 277 g/mol. The number of carbonyl (C=O) groups is 2. The van der Waals surface area contributed by atoms with E-state index in [0.29, 0.717) is 31.6 Å². The van der Waals surface area contributed by atoms with Gasteiger partial charge in [0.05, 0.1) is 6.54 Å². The number of hydrogen-bond donors (Lipinski definition) is 2. The Kier molecular flexibility index (Phi) is 6.73. The van der Waals surface area contributed by atoms with Gasteiger partial charge in [-0.1, -0.05) is 18.2 Å². The molecule has 20 heavy (non-hydrogen) atoms. The molecule has 110 valence electrons. The molecule has 2 amide bonds. The van der Waals surface area contributed by atoms with Gasteiger partial charge in [-0.2, -0.15) is 0 Å². The second kappa shape index (κ2) is 8.32. The van der Waals surface area contributed by atoms with E-state index in [1.807, 2.05) is 32.0 Å². The van der Waals surface area contributed by atoms with E-state index < -0.39 is 0 Å².